The molecule has 0 atom stereocenters. The number of benzene rings is 1. The summed E-state index contributed by atoms with van der Waals surface area (Å²) >= 11 is 12.0. The highest BCUT2D eigenvalue weighted by atomic mass is 35.5. The van der Waals surface area contributed by atoms with Gasteiger partial charge in [0.15, 0.2) is 0 Å². The van der Waals surface area contributed by atoms with Gasteiger partial charge in [0.05, 0.1) is 22.2 Å². The first-order valence-corrected chi connectivity index (χ1v) is 7.45. The Morgan fingerprint density at radius 3 is 2.73 bits per heavy atom. The highest BCUT2D eigenvalue weighted by Crippen LogP contribution is 2.28. The maximum atomic E-state index is 12.2. The van der Waals surface area contributed by atoms with Crippen LogP contribution in [0.25, 0.3) is 10.9 Å². The van der Waals surface area contributed by atoms with Gasteiger partial charge in [-0.1, -0.05) is 35.3 Å². The van der Waals surface area contributed by atoms with Gasteiger partial charge in [-0.25, -0.2) is 0 Å². The van der Waals surface area contributed by atoms with E-state index in [1.807, 2.05) is 31.3 Å². The molecule has 0 fully saturated rings. The highest BCUT2D eigenvalue weighted by Gasteiger charge is 2.11. The molecule has 0 saturated heterocycles. The molecule has 4 nitrogen and oxygen atoms in total. The number of anilines is 1. The van der Waals surface area contributed by atoms with E-state index in [4.69, 9.17) is 23.2 Å². The number of aromatic amines is 1. The van der Waals surface area contributed by atoms with Crippen LogP contribution in [-0.2, 0) is 11.2 Å². The van der Waals surface area contributed by atoms with Crippen LogP contribution >= 0.6 is 23.2 Å². The predicted molar refractivity (Wildman–Crippen MR) is 89.6 cm³/mol. The van der Waals surface area contributed by atoms with Gasteiger partial charge in [0.1, 0.15) is 0 Å². The van der Waals surface area contributed by atoms with Crippen LogP contribution in [0, 0.1) is 6.92 Å². The number of hydrogen-bond acceptors (Lipinski definition) is 2. The minimum Gasteiger partial charge on any atom is -0.361 e. The van der Waals surface area contributed by atoms with Gasteiger partial charge in [-0.05, 0) is 24.1 Å². The lowest BCUT2D eigenvalue weighted by Gasteiger charge is -2.08. The lowest BCUT2D eigenvalue weighted by Crippen LogP contribution is -2.15. The first-order chi connectivity index (χ1) is 10.5. The molecule has 3 aromatic rings. The molecule has 1 amide bonds. The summed E-state index contributed by atoms with van der Waals surface area (Å²) in [6, 6.07) is 5.92. The second kappa shape index (κ2) is 5.99. The van der Waals surface area contributed by atoms with Crippen molar-refractivity contribution in [2.45, 2.75) is 13.3 Å². The molecule has 3 rings (SSSR count). The van der Waals surface area contributed by atoms with Crippen LogP contribution in [0.5, 0.6) is 0 Å². The number of carbonyl (C=O) groups is 1. The van der Waals surface area contributed by atoms with Gasteiger partial charge in [0.2, 0.25) is 5.91 Å². The zero-order chi connectivity index (χ0) is 15.7. The average molecular weight is 334 g/mol. The van der Waals surface area contributed by atoms with E-state index in [0.717, 1.165) is 16.5 Å². The first kappa shape index (κ1) is 14.9. The number of H-pyrrole nitrogens is 1. The SMILES string of the molecule is Cc1c[nH]c2cc(CC(=O)Nc3c(Cl)cncc3Cl)ccc12. The number of aromatic nitrogens is 2. The molecule has 0 aliphatic carbocycles. The van der Waals surface area contributed by atoms with Gasteiger partial charge >= 0.3 is 0 Å². The molecule has 22 heavy (non-hydrogen) atoms. The fourth-order valence-electron chi connectivity index (χ4n) is 2.33. The number of rotatable bonds is 3. The zero-order valence-corrected chi connectivity index (χ0v) is 13.3. The largest absolute Gasteiger partial charge is 0.361 e. The maximum Gasteiger partial charge on any atom is 0.228 e. The summed E-state index contributed by atoms with van der Waals surface area (Å²) in [7, 11) is 0. The van der Waals surface area contributed by atoms with Crippen molar-refractivity contribution in [2.24, 2.45) is 0 Å². The number of pyridine rings is 1. The van der Waals surface area contributed by atoms with Crippen LogP contribution in [0.15, 0.2) is 36.8 Å². The van der Waals surface area contributed by atoms with E-state index in [2.05, 4.69) is 15.3 Å². The van der Waals surface area contributed by atoms with Gasteiger partial charge in [-0.3, -0.25) is 9.78 Å². The molecule has 2 heterocycles. The van der Waals surface area contributed by atoms with Gasteiger partial charge < -0.3 is 10.3 Å². The Labute approximate surface area is 137 Å². The molecular formula is C16H13Cl2N3O. The van der Waals surface area contributed by atoms with E-state index in [0.29, 0.717) is 15.7 Å². The van der Waals surface area contributed by atoms with E-state index in [1.54, 1.807) is 0 Å². The molecule has 0 bridgehead atoms. The number of halogens is 2. The highest BCUT2D eigenvalue weighted by molar-refractivity contribution is 6.39. The molecule has 2 N–H and O–H groups in total. The van der Waals surface area contributed by atoms with Crippen molar-refractivity contribution in [1.82, 2.24) is 9.97 Å². The Kier molecular flexibility index (Phi) is 4.05. The quantitative estimate of drug-likeness (QED) is 0.748. The van der Waals surface area contributed by atoms with Crippen molar-refractivity contribution in [3.05, 3.63) is 58.0 Å². The smallest absolute Gasteiger partial charge is 0.228 e. The number of carbonyl (C=O) groups excluding carboxylic acids is 1. The van der Waals surface area contributed by atoms with Crippen LogP contribution < -0.4 is 5.32 Å². The Morgan fingerprint density at radius 2 is 2.00 bits per heavy atom. The van der Waals surface area contributed by atoms with Crippen LogP contribution in [0.4, 0.5) is 5.69 Å². The maximum absolute atomic E-state index is 12.2. The average Bonchev–Trinajstić information content (AvgIpc) is 2.84. The lowest BCUT2D eigenvalue weighted by molar-refractivity contribution is -0.115. The van der Waals surface area contributed by atoms with Crippen molar-refractivity contribution >= 4 is 45.7 Å². The first-order valence-electron chi connectivity index (χ1n) is 6.70. The molecule has 0 radical (unpaired) electrons. The number of amides is 1. The molecule has 0 aliphatic rings. The van der Waals surface area contributed by atoms with Crippen molar-refractivity contribution in [3.8, 4) is 0 Å². The molecule has 0 aliphatic heterocycles. The van der Waals surface area contributed by atoms with E-state index >= 15 is 0 Å². The summed E-state index contributed by atoms with van der Waals surface area (Å²) in [6.07, 6.45) is 5.07. The monoisotopic (exact) mass is 333 g/mol. The number of fused-ring (bicyclic) bond motifs is 1. The molecule has 0 unspecified atom stereocenters. The number of nitrogens with one attached hydrogen (secondary N) is 2. The van der Waals surface area contributed by atoms with Crippen molar-refractivity contribution < 1.29 is 4.79 Å². The van der Waals surface area contributed by atoms with Gasteiger partial charge in [0, 0.05) is 29.5 Å². The summed E-state index contributed by atoms with van der Waals surface area (Å²) in [5.74, 6) is -0.183. The van der Waals surface area contributed by atoms with Crippen molar-refractivity contribution in [1.29, 1.82) is 0 Å². The fourth-order valence-corrected chi connectivity index (χ4v) is 2.79. The van der Waals surface area contributed by atoms with E-state index < -0.39 is 0 Å². The second-order valence-corrected chi connectivity index (χ2v) is 5.87. The summed E-state index contributed by atoms with van der Waals surface area (Å²) in [5.41, 5.74) is 3.50. The predicted octanol–water partition coefficient (Wildman–Crippen LogP) is 4.36. The number of nitrogens with zero attached hydrogens (tertiary/aromatic N) is 1. The third kappa shape index (κ3) is 2.93. The summed E-state index contributed by atoms with van der Waals surface area (Å²) in [5, 5.41) is 4.52. The summed E-state index contributed by atoms with van der Waals surface area (Å²) in [4.78, 5) is 19.2. The molecule has 0 saturated carbocycles. The standard InChI is InChI=1S/C16H13Cl2N3O/c1-9-6-20-14-4-10(2-3-11(9)14)5-15(22)21-16-12(17)7-19-8-13(16)18/h2-4,6-8,20H,5H2,1H3,(H,19,21,22). The third-order valence-electron chi connectivity index (χ3n) is 3.44. The number of hydrogen-bond donors (Lipinski definition) is 2. The van der Waals surface area contributed by atoms with Gasteiger partial charge in [0.25, 0.3) is 0 Å². The minimum atomic E-state index is -0.183. The normalized spacial score (nSPS) is 10.9. The molecular weight excluding hydrogens is 321 g/mol. The Balaban J connectivity index is 1.78. The van der Waals surface area contributed by atoms with E-state index in [1.165, 1.54) is 18.0 Å². The topological polar surface area (TPSA) is 57.8 Å². The zero-order valence-electron chi connectivity index (χ0n) is 11.8. The second-order valence-electron chi connectivity index (χ2n) is 5.05. The summed E-state index contributed by atoms with van der Waals surface area (Å²) < 4.78 is 0. The third-order valence-corrected chi connectivity index (χ3v) is 4.01. The molecule has 112 valence electrons. The Morgan fingerprint density at radius 1 is 1.27 bits per heavy atom. The molecule has 0 spiro atoms. The minimum absolute atomic E-state index is 0.183. The van der Waals surface area contributed by atoms with Crippen LogP contribution in [0.1, 0.15) is 11.1 Å². The molecule has 2 aromatic heterocycles. The lowest BCUT2D eigenvalue weighted by atomic mass is 10.1. The van der Waals surface area contributed by atoms with Crippen LogP contribution in [0.2, 0.25) is 10.0 Å². The fraction of sp³-hybridized carbons (Fsp3) is 0.125. The van der Waals surface area contributed by atoms with Crippen LogP contribution in [0.3, 0.4) is 0 Å². The van der Waals surface area contributed by atoms with Gasteiger partial charge in [-0.2, -0.15) is 0 Å². The van der Waals surface area contributed by atoms with E-state index in [-0.39, 0.29) is 12.3 Å². The molecule has 1 aromatic carbocycles. The van der Waals surface area contributed by atoms with Crippen molar-refractivity contribution in [2.75, 3.05) is 5.32 Å². The van der Waals surface area contributed by atoms with Gasteiger partial charge in [-0.15, -0.1) is 0 Å². The Hall–Kier alpha value is -2.04. The number of aryl methyl sites for hydroxylation is 1. The summed E-state index contributed by atoms with van der Waals surface area (Å²) in [6.45, 7) is 2.04. The van der Waals surface area contributed by atoms with Crippen molar-refractivity contribution in [3.63, 3.8) is 0 Å². The van der Waals surface area contributed by atoms with E-state index in [9.17, 15) is 4.79 Å². The molecule has 6 heteroatoms. The van der Waals surface area contributed by atoms with Crippen LogP contribution in [-0.4, -0.2) is 15.9 Å². The Bertz CT molecular complexity index is 837.